The van der Waals surface area contributed by atoms with E-state index in [1.54, 1.807) is 32.9 Å². The molecular formula is C13H13F2N. The molecule has 0 aliphatic carbocycles. The third kappa shape index (κ3) is 1.66. The zero-order valence-corrected chi connectivity index (χ0v) is 9.51. The molecule has 0 unspecified atom stereocenters. The van der Waals surface area contributed by atoms with E-state index in [4.69, 9.17) is 0 Å². The number of fused-ring (bicyclic) bond motifs is 1. The van der Waals surface area contributed by atoms with Crippen molar-refractivity contribution in [1.29, 1.82) is 0 Å². The molecule has 84 valence electrons. The summed E-state index contributed by atoms with van der Waals surface area (Å²) < 4.78 is 27.9. The molecule has 1 nitrogen and oxygen atoms in total. The fourth-order valence-corrected chi connectivity index (χ4v) is 1.84. The van der Waals surface area contributed by atoms with Gasteiger partial charge in [0.2, 0.25) is 0 Å². The third-order valence-corrected chi connectivity index (χ3v) is 2.55. The van der Waals surface area contributed by atoms with Crippen LogP contribution in [0.4, 0.5) is 8.78 Å². The van der Waals surface area contributed by atoms with Gasteiger partial charge in [-0.2, -0.15) is 0 Å². The van der Waals surface area contributed by atoms with Gasteiger partial charge >= 0.3 is 0 Å². The molecule has 0 bridgehead atoms. The fourth-order valence-electron chi connectivity index (χ4n) is 1.84. The van der Waals surface area contributed by atoms with Gasteiger partial charge in [-0.3, -0.25) is 4.98 Å². The van der Waals surface area contributed by atoms with Gasteiger partial charge in [0.25, 0.3) is 0 Å². The molecule has 1 aromatic heterocycles. The lowest BCUT2D eigenvalue weighted by molar-refractivity contribution is 0.481. The van der Waals surface area contributed by atoms with Gasteiger partial charge in [-0.05, 0) is 17.5 Å². The first kappa shape index (κ1) is 11.0. The monoisotopic (exact) mass is 221 g/mol. The van der Waals surface area contributed by atoms with E-state index in [2.05, 4.69) is 4.98 Å². The Balaban J connectivity index is 2.86. The van der Waals surface area contributed by atoms with Gasteiger partial charge in [-0.25, -0.2) is 8.78 Å². The van der Waals surface area contributed by atoms with Gasteiger partial charge in [-0.1, -0.05) is 20.8 Å². The summed E-state index contributed by atoms with van der Waals surface area (Å²) in [7, 11) is 0. The van der Waals surface area contributed by atoms with E-state index in [0.29, 0.717) is 10.9 Å². The van der Waals surface area contributed by atoms with Gasteiger partial charge in [0.05, 0.1) is 5.52 Å². The van der Waals surface area contributed by atoms with E-state index >= 15 is 0 Å². The van der Waals surface area contributed by atoms with Gasteiger partial charge in [0, 0.05) is 23.2 Å². The molecule has 0 amide bonds. The van der Waals surface area contributed by atoms with Crippen LogP contribution in [0.2, 0.25) is 0 Å². The predicted octanol–water partition coefficient (Wildman–Crippen LogP) is 3.81. The quantitative estimate of drug-likeness (QED) is 0.659. The van der Waals surface area contributed by atoms with Crippen molar-refractivity contribution in [3.05, 3.63) is 41.6 Å². The van der Waals surface area contributed by atoms with E-state index in [9.17, 15) is 8.78 Å². The highest BCUT2D eigenvalue weighted by molar-refractivity contribution is 5.80. The topological polar surface area (TPSA) is 12.9 Å². The number of aromatic nitrogens is 1. The molecule has 2 aromatic rings. The summed E-state index contributed by atoms with van der Waals surface area (Å²) in [6.45, 7) is 5.37. The molecule has 3 heteroatoms. The zero-order valence-electron chi connectivity index (χ0n) is 9.51. The second-order valence-electron chi connectivity index (χ2n) is 4.87. The smallest absolute Gasteiger partial charge is 0.139 e. The summed E-state index contributed by atoms with van der Waals surface area (Å²) in [6.07, 6.45) is 1.53. The Morgan fingerprint density at radius 2 is 1.88 bits per heavy atom. The molecule has 0 saturated heterocycles. The van der Waals surface area contributed by atoms with Crippen LogP contribution in [0.15, 0.2) is 24.4 Å². The second-order valence-corrected chi connectivity index (χ2v) is 4.87. The largest absolute Gasteiger partial charge is 0.256 e. The Hall–Kier alpha value is -1.51. The van der Waals surface area contributed by atoms with Crippen LogP contribution in [0.1, 0.15) is 26.3 Å². The second kappa shape index (κ2) is 3.51. The Labute approximate surface area is 93.1 Å². The van der Waals surface area contributed by atoms with Crippen molar-refractivity contribution in [2.75, 3.05) is 0 Å². The highest BCUT2D eigenvalue weighted by Crippen LogP contribution is 2.31. The Bertz CT molecular complexity index is 541. The molecule has 0 saturated carbocycles. The Morgan fingerprint density at radius 1 is 1.19 bits per heavy atom. The molecule has 2 rings (SSSR count). The maximum absolute atomic E-state index is 14.1. The Kier molecular flexibility index (Phi) is 2.41. The number of pyridine rings is 1. The first-order valence-electron chi connectivity index (χ1n) is 5.14. The van der Waals surface area contributed by atoms with Crippen molar-refractivity contribution in [3.8, 4) is 0 Å². The molecule has 0 aliphatic heterocycles. The maximum Gasteiger partial charge on any atom is 0.139 e. The van der Waals surface area contributed by atoms with Crippen LogP contribution in [-0.4, -0.2) is 4.98 Å². The summed E-state index contributed by atoms with van der Waals surface area (Å²) in [5.41, 5.74) is -0.0865. The summed E-state index contributed by atoms with van der Waals surface area (Å²) in [5.74, 6) is -1.04. The van der Waals surface area contributed by atoms with Crippen LogP contribution in [0.5, 0.6) is 0 Å². The van der Waals surface area contributed by atoms with Crippen LogP contribution in [0.25, 0.3) is 10.9 Å². The minimum absolute atomic E-state index is 0.119. The highest BCUT2D eigenvalue weighted by atomic mass is 19.1. The van der Waals surface area contributed by atoms with Crippen molar-refractivity contribution < 1.29 is 8.78 Å². The average molecular weight is 221 g/mol. The summed E-state index contributed by atoms with van der Waals surface area (Å²) in [6, 6.07) is 4.56. The van der Waals surface area contributed by atoms with Gasteiger partial charge in [-0.15, -0.1) is 0 Å². The van der Waals surface area contributed by atoms with E-state index in [1.165, 1.54) is 12.3 Å². The van der Waals surface area contributed by atoms with Crippen LogP contribution >= 0.6 is 0 Å². The van der Waals surface area contributed by atoms with E-state index in [0.717, 1.165) is 0 Å². The average Bonchev–Trinajstić information content (AvgIpc) is 2.15. The molecule has 1 heterocycles. The van der Waals surface area contributed by atoms with Crippen molar-refractivity contribution in [1.82, 2.24) is 4.98 Å². The van der Waals surface area contributed by atoms with Crippen molar-refractivity contribution in [2.24, 2.45) is 0 Å². The van der Waals surface area contributed by atoms with Gasteiger partial charge in [0.15, 0.2) is 0 Å². The summed E-state index contributed by atoms with van der Waals surface area (Å²) in [5, 5.41) is 0.369. The molecular weight excluding hydrogens is 208 g/mol. The molecule has 0 spiro atoms. The number of halogens is 2. The molecule has 0 atom stereocenters. The van der Waals surface area contributed by atoms with E-state index < -0.39 is 17.0 Å². The van der Waals surface area contributed by atoms with E-state index in [1.807, 2.05) is 0 Å². The number of benzene rings is 1. The first-order chi connectivity index (χ1) is 7.41. The number of hydrogen-bond donors (Lipinski definition) is 0. The first-order valence-corrected chi connectivity index (χ1v) is 5.14. The molecule has 0 fully saturated rings. The lowest BCUT2D eigenvalue weighted by atomic mass is 9.85. The standard InChI is InChI=1S/C13H13F2N/c1-13(2,3)11-9(14)7-10-8(12(11)15)5-4-6-16-10/h4-7H,1-3H3. The van der Waals surface area contributed by atoms with Crippen molar-refractivity contribution in [3.63, 3.8) is 0 Å². The number of rotatable bonds is 0. The lowest BCUT2D eigenvalue weighted by Gasteiger charge is -2.21. The van der Waals surface area contributed by atoms with Crippen LogP contribution in [-0.2, 0) is 5.41 Å². The van der Waals surface area contributed by atoms with E-state index in [-0.39, 0.29) is 5.56 Å². The van der Waals surface area contributed by atoms with Gasteiger partial charge in [0.1, 0.15) is 11.6 Å². The lowest BCUT2D eigenvalue weighted by Crippen LogP contribution is -2.16. The highest BCUT2D eigenvalue weighted by Gasteiger charge is 2.24. The molecule has 16 heavy (non-hydrogen) atoms. The van der Waals surface area contributed by atoms with Crippen LogP contribution < -0.4 is 0 Å². The summed E-state index contributed by atoms with van der Waals surface area (Å²) >= 11 is 0. The zero-order chi connectivity index (χ0) is 11.9. The third-order valence-electron chi connectivity index (χ3n) is 2.55. The maximum atomic E-state index is 14.1. The molecule has 0 aliphatic rings. The minimum atomic E-state index is -0.557. The molecule has 0 N–H and O–H groups in total. The normalized spacial score (nSPS) is 12.1. The van der Waals surface area contributed by atoms with Gasteiger partial charge < -0.3 is 0 Å². The van der Waals surface area contributed by atoms with Crippen molar-refractivity contribution in [2.45, 2.75) is 26.2 Å². The molecule has 1 aromatic carbocycles. The Morgan fingerprint density at radius 3 is 2.50 bits per heavy atom. The van der Waals surface area contributed by atoms with Crippen LogP contribution in [0.3, 0.4) is 0 Å². The fraction of sp³-hybridized carbons (Fsp3) is 0.308. The number of hydrogen-bond acceptors (Lipinski definition) is 1. The minimum Gasteiger partial charge on any atom is -0.256 e. The van der Waals surface area contributed by atoms with Crippen molar-refractivity contribution >= 4 is 10.9 Å². The summed E-state index contributed by atoms with van der Waals surface area (Å²) in [4.78, 5) is 3.95. The molecule has 0 radical (unpaired) electrons. The number of nitrogens with zero attached hydrogens (tertiary/aromatic N) is 1. The van der Waals surface area contributed by atoms with Crippen LogP contribution in [0, 0.1) is 11.6 Å². The predicted molar refractivity (Wildman–Crippen MR) is 60.4 cm³/mol. The SMILES string of the molecule is CC(C)(C)c1c(F)cc2ncccc2c1F.